The molecule has 1 atom stereocenters. The van der Waals surface area contributed by atoms with Crippen LogP contribution in [0.15, 0.2) is 0 Å². The van der Waals surface area contributed by atoms with Gasteiger partial charge in [0.15, 0.2) is 0 Å². The Kier molecular flexibility index (Phi) is 4.04. The standard InChI is InChI=1S/C13H26N2/c1-11-4-3-9-15(11)13-7-5-12(6-8-13)10-14-2/h11-14H,3-10H2,1-2H3. The summed E-state index contributed by atoms with van der Waals surface area (Å²) in [7, 11) is 2.08. The lowest BCUT2D eigenvalue weighted by Gasteiger charge is -2.37. The van der Waals surface area contributed by atoms with Gasteiger partial charge < -0.3 is 5.32 Å². The Balaban J connectivity index is 1.77. The normalized spacial score (nSPS) is 38.4. The van der Waals surface area contributed by atoms with E-state index in [1.807, 2.05) is 0 Å². The van der Waals surface area contributed by atoms with Crippen LogP contribution in [-0.4, -0.2) is 37.1 Å². The van der Waals surface area contributed by atoms with Gasteiger partial charge >= 0.3 is 0 Å². The predicted molar refractivity (Wildman–Crippen MR) is 65.1 cm³/mol. The summed E-state index contributed by atoms with van der Waals surface area (Å²) < 4.78 is 0. The van der Waals surface area contributed by atoms with Crippen molar-refractivity contribution in [3.63, 3.8) is 0 Å². The highest BCUT2D eigenvalue weighted by Crippen LogP contribution is 2.31. The van der Waals surface area contributed by atoms with Gasteiger partial charge in [-0.05, 0) is 71.5 Å². The zero-order valence-corrected chi connectivity index (χ0v) is 10.3. The minimum absolute atomic E-state index is 0.857. The first-order valence-electron chi connectivity index (χ1n) is 6.71. The third-order valence-corrected chi connectivity index (χ3v) is 4.38. The van der Waals surface area contributed by atoms with Crippen molar-refractivity contribution >= 4 is 0 Å². The van der Waals surface area contributed by atoms with Gasteiger partial charge in [-0.1, -0.05) is 0 Å². The summed E-state index contributed by atoms with van der Waals surface area (Å²) in [6.45, 7) is 5.00. The first-order valence-corrected chi connectivity index (χ1v) is 6.71. The molecule has 15 heavy (non-hydrogen) atoms. The molecule has 0 aromatic carbocycles. The van der Waals surface area contributed by atoms with Crippen molar-refractivity contribution in [1.29, 1.82) is 0 Å². The van der Waals surface area contributed by atoms with Crippen LogP contribution < -0.4 is 5.32 Å². The first-order chi connectivity index (χ1) is 7.31. The van der Waals surface area contributed by atoms with Crippen LogP contribution in [0.25, 0.3) is 0 Å². The predicted octanol–water partition coefficient (Wildman–Crippen LogP) is 2.25. The van der Waals surface area contributed by atoms with Crippen molar-refractivity contribution in [1.82, 2.24) is 10.2 Å². The molecule has 2 fully saturated rings. The number of hydrogen-bond donors (Lipinski definition) is 1. The molecule has 1 N–H and O–H groups in total. The molecule has 0 aromatic rings. The van der Waals surface area contributed by atoms with Crippen molar-refractivity contribution in [2.45, 2.75) is 57.5 Å². The molecule has 1 saturated carbocycles. The van der Waals surface area contributed by atoms with Crippen LogP contribution in [0, 0.1) is 5.92 Å². The second kappa shape index (κ2) is 5.31. The maximum Gasteiger partial charge on any atom is 0.00982 e. The minimum atomic E-state index is 0.857. The number of hydrogen-bond acceptors (Lipinski definition) is 2. The van der Waals surface area contributed by atoms with E-state index in [1.54, 1.807) is 0 Å². The Hall–Kier alpha value is -0.0800. The minimum Gasteiger partial charge on any atom is -0.319 e. The number of nitrogens with one attached hydrogen (secondary N) is 1. The molecule has 0 spiro atoms. The maximum atomic E-state index is 3.32. The average molecular weight is 210 g/mol. The molecule has 1 aliphatic heterocycles. The Morgan fingerprint density at radius 3 is 2.40 bits per heavy atom. The molecule has 2 nitrogen and oxygen atoms in total. The van der Waals surface area contributed by atoms with Gasteiger partial charge in [0.05, 0.1) is 0 Å². The van der Waals surface area contributed by atoms with E-state index in [1.165, 1.54) is 51.6 Å². The van der Waals surface area contributed by atoms with Gasteiger partial charge in [-0.25, -0.2) is 0 Å². The Morgan fingerprint density at radius 1 is 1.13 bits per heavy atom. The highest BCUT2D eigenvalue weighted by Gasteiger charge is 2.30. The van der Waals surface area contributed by atoms with E-state index in [-0.39, 0.29) is 0 Å². The van der Waals surface area contributed by atoms with Gasteiger partial charge in [0.2, 0.25) is 0 Å². The van der Waals surface area contributed by atoms with Gasteiger partial charge in [-0.2, -0.15) is 0 Å². The van der Waals surface area contributed by atoms with E-state index in [9.17, 15) is 0 Å². The van der Waals surface area contributed by atoms with Gasteiger partial charge in [0.1, 0.15) is 0 Å². The van der Waals surface area contributed by atoms with Gasteiger partial charge in [-0.3, -0.25) is 4.90 Å². The number of likely N-dealkylation sites (tertiary alicyclic amines) is 1. The molecule has 0 radical (unpaired) electrons. The van der Waals surface area contributed by atoms with Crippen LogP contribution in [0.4, 0.5) is 0 Å². The highest BCUT2D eigenvalue weighted by molar-refractivity contribution is 4.86. The summed E-state index contributed by atoms with van der Waals surface area (Å²) in [4.78, 5) is 2.77. The summed E-state index contributed by atoms with van der Waals surface area (Å²) in [5.74, 6) is 0.948. The molecule has 2 rings (SSSR count). The molecule has 1 unspecified atom stereocenters. The molecule has 0 aromatic heterocycles. The molecule has 2 heteroatoms. The highest BCUT2D eigenvalue weighted by atomic mass is 15.2. The zero-order valence-electron chi connectivity index (χ0n) is 10.3. The summed E-state index contributed by atoms with van der Waals surface area (Å²) in [5, 5.41) is 3.32. The fourth-order valence-electron chi connectivity index (χ4n) is 3.47. The third kappa shape index (κ3) is 2.73. The zero-order chi connectivity index (χ0) is 10.7. The molecule has 1 saturated heterocycles. The van der Waals surface area contributed by atoms with Crippen LogP contribution in [0.5, 0.6) is 0 Å². The monoisotopic (exact) mass is 210 g/mol. The topological polar surface area (TPSA) is 15.3 Å². The molecule has 1 heterocycles. The second-order valence-electron chi connectivity index (χ2n) is 5.46. The average Bonchev–Trinajstić information content (AvgIpc) is 2.66. The molecular formula is C13H26N2. The van der Waals surface area contributed by atoms with Gasteiger partial charge in [0.25, 0.3) is 0 Å². The largest absolute Gasteiger partial charge is 0.319 e. The smallest absolute Gasteiger partial charge is 0.00982 e. The molecule has 2 aliphatic rings. The van der Waals surface area contributed by atoms with Crippen LogP contribution in [-0.2, 0) is 0 Å². The quantitative estimate of drug-likeness (QED) is 0.768. The van der Waals surface area contributed by atoms with E-state index >= 15 is 0 Å². The van der Waals surface area contributed by atoms with Gasteiger partial charge in [0, 0.05) is 12.1 Å². The Labute approximate surface area is 94.4 Å². The molecule has 0 bridgehead atoms. The maximum absolute atomic E-state index is 3.32. The van der Waals surface area contributed by atoms with E-state index in [2.05, 4.69) is 24.2 Å². The van der Waals surface area contributed by atoms with Crippen LogP contribution in [0.3, 0.4) is 0 Å². The molecule has 0 amide bonds. The lowest BCUT2D eigenvalue weighted by molar-refractivity contribution is 0.131. The first kappa shape index (κ1) is 11.4. The van der Waals surface area contributed by atoms with Gasteiger partial charge in [-0.15, -0.1) is 0 Å². The lowest BCUT2D eigenvalue weighted by atomic mass is 9.85. The van der Waals surface area contributed by atoms with Crippen molar-refractivity contribution in [3.05, 3.63) is 0 Å². The second-order valence-corrected chi connectivity index (χ2v) is 5.46. The SMILES string of the molecule is CNCC1CCC(N2CCCC2C)CC1. The Morgan fingerprint density at radius 2 is 1.87 bits per heavy atom. The number of nitrogens with zero attached hydrogens (tertiary/aromatic N) is 1. The summed E-state index contributed by atoms with van der Waals surface area (Å²) >= 11 is 0. The van der Waals surface area contributed by atoms with Crippen molar-refractivity contribution in [2.75, 3.05) is 20.1 Å². The van der Waals surface area contributed by atoms with E-state index in [4.69, 9.17) is 0 Å². The summed E-state index contributed by atoms with van der Waals surface area (Å²) in [5.41, 5.74) is 0. The van der Waals surface area contributed by atoms with Crippen LogP contribution in [0.1, 0.15) is 45.4 Å². The fraction of sp³-hybridized carbons (Fsp3) is 1.00. The molecule has 88 valence electrons. The Bertz CT molecular complexity index is 185. The third-order valence-electron chi connectivity index (χ3n) is 4.38. The van der Waals surface area contributed by atoms with E-state index < -0.39 is 0 Å². The van der Waals surface area contributed by atoms with E-state index in [0.29, 0.717) is 0 Å². The summed E-state index contributed by atoms with van der Waals surface area (Å²) in [6.07, 6.45) is 8.62. The summed E-state index contributed by atoms with van der Waals surface area (Å²) in [6, 6.07) is 1.77. The fourth-order valence-corrected chi connectivity index (χ4v) is 3.47. The van der Waals surface area contributed by atoms with Crippen LogP contribution >= 0.6 is 0 Å². The van der Waals surface area contributed by atoms with Crippen molar-refractivity contribution < 1.29 is 0 Å². The number of rotatable bonds is 3. The van der Waals surface area contributed by atoms with E-state index in [0.717, 1.165) is 18.0 Å². The van der Waals surface area contributed by atoms with Crippen molar-refractivity contribution in [3.8, 4) is 0 Å². The lowest BCUT2D eigenvalue weighted by Crippen LogP contribution is -2.40. The molecular weight excluding hydrogens is 184 g/mol. The van der Waals surface area contributed by atoms with Crippen LogP contribution in [0.2, 0.25) is 0 Å². The molecule has 1 aliphatic carbocycles. The van der Waals surface area contributed by atoms with Crippen molar-refractivity contribution in [2.24, 2.45) is 5.92 Å².